The molecule has 4 aromatic carbocycles. The molecule has 1 atom stereocenters. The van der Waals surface area contributed by atoms with Crippen LogP contribution in [-0.2, 0) is 13.2 Å². The number of benzene rings is 4. The largest absolute Gasteiger partial charge is 0.494 e. The minimum atomic E-state index is -0.898. The summed E-state index contributed by atoms with van der Waals surface area (Å²) < 4.78 is 23.6. The first-order valence-electron chi connectivity index (χ1n) is 12.9. The maximum absolute atomic E-state index is 11.1. The van der Waals surface area contributed by atoms with E-state index in [9.17, 15) is 5.11 Å². The Kier molecular flexibility index (Phi) is 9.82. The van der Waals surface area contributed by atoms with Crippen molar-refractivity contribution < 1.29 is 24.1 Å². The number of aliphatic hydroxyl groups is 1. The Hall–Kier alpha value is -4.22. The normalized spacial score (nSPS) is 11.8. The third-order valence-corrected chi connectivity index (χ3v) is 5.84. The van der Waals surface area contributed by atoms with Gasteiger partial charge in [0.25, 0.3) is 0 Å². The van der Waals surface area contributed by atoms with Gasteiger partial charge in [-0.2, -0.15) is 0 Å². The fourth-order valence-corrected chi connectivity index (χ4v) is 3.94. The van der Waals surface area contributed by atoms with E-state index in [-0.39, 0.29) is 0 Å². The maximum atomic E-state index is 11.1. The highest BCUT2D eigenvalue weighted by Gasteiger charge is 2.14. The van der Waals surface area contributed by atoms with E-state index in [0.717, 1.165) is 22.4 Å². The molecule has 4 aromatic rings. The first-order chi connectivity index (χ1) is 18.7. The Morgan fingerprint density at radius 3 is 1.87 bits per heavy atom. The first-order valence-corrected chi connectivity index (χ1v) is 12.9. The molecule has 1 N–H and O–H groups in total. The third-order valence-electron chi connectivity index (χ3n) is 5.84. The van der Waals surface area contributed by atoms with E-state index in [1.807, 2.05) is 117 Å². The second-order valence-corrected chi connectivity index (χ2v) is 8.62. The van der Waals surface area contributed by atoms with Gasteiger partial charge in [0.05, 0.1) is 13.2 Å². The molecule has 0 aliphatic carbocycles. The fraction of sp³-hybridized carbons (Fsp3) is 0.212. The molecular weight excluding hydrogens is 476 g/mol. The monoisotopic (exact) mass is 510 g/mol. The summed E-state index contributed by atoms with van der Waals surface area (Å²) in [5.41, 5.74) is 3.61. The molecule has 0 amide bonds. The van der Waals surface area contributed by atoms with Crippen LogP contribution in [0.3, 0.4) is 0 Å². The summed E-state index contributed by atoms with van der Waals surface area (Å²) in [7, 11) is 0. The highest BCUT2D eigenvalue weighted by Crippen LogP contribution is 2.33. The molecule has 0 radical (unpaired) electrons. The topological polar surface area (TPSA) is 57.2 Å². The molecule has 0 aromatic heterocycles. The summed E-state index contributed by atoms with van der Waals surface area (Å²) in [4.78, 5) is 0. The number of hydrogen-bond donors (Lipinski definition) is 1. The van der Waals surface area contributed by atoms with Gasteiger partial charge < -0.3 is 24.1 Å². The van der Waals surface area contributed by atoms with Crippen molar-refractivity contribution in [2.24, 2.45) is 0 Å². The number of hydrogen-bond acceptors (Lipinski definition) is 5. The van der Waals surface area contributed by atoms with Crippen LogP contribution in [0.2, 0.25) is 0 Å². The molecule has 0 aliphatic heterocycles. The molecule has 0 aliphatic rings. The summed E-state index contributed by atoms with van der Waals surface area (Å²) in [5.74, 6) is 2.68. The lowest BCUT2D eigenvalue weighted by molar-refractivity contribution is 0.216. The molecule has 1 unspecified atom stereocenters. The van der Waals surface area contributed by atoms with E-state index in [2.05, 4.69) is 0 Å². The van der Waals surface area contributed by atoms with Crippen LogP contribution in [0.25, 0.3) is 6.08 Å². The molecule has 0 fully saturated rings. The van der Waals surface area contributed by atoms with Crippen molar-refractivity contribution in [2.75, 3.05) is 13.2 Å². The van der Waals surface area contributed by atoms with E-state index >= 15 is 0 Å². The van der Waals surface area contributed by atoms with Crippen LogP contribution in [0.4, 0.5) is 0 Å². The molecule has 0 saturated heterocycles. The van der Waals surface area contributed by atoms with Crippen LogP contribution in [-0.4, -0.2) is 18.3 Å². The third kappa shape index (κ3) is 7.64. The zero-order valence-corrected chi connectivity index (χ0v) is 21.9. The van der Waals surface area contributed by atoms with Crippen LogP contribution in [0.1, 0.15) is 42.2 Å². The molecule has 5 heteroatoms. The Balaban J connectivity index is 1.55. The Morgan fingerprint density at radius 2 is 1.21 bits per heavy atom. The zero-order chi connectivity index (χ0) is 26.6. The van der Waals surface area contributed by atoms with Gasteiger partial charge in [0.15, 0.2) is 0 Å². The Bertz CT molecular complexity index is 1300. The quantitative estimate of drug-likeness (QED) is 0.203. The van der Waals surface area contributed by atoms with E-state index < -0.39 is 6.10 Å². The van der Waals surface area contributed by atoms with Gasteiger partial charge >= 0.3 is 0 Å². The minimum absolute atomic E-state index is 0.375. The Labute approximate surface area is 224 Å². The first kappa shape index (κ1) is 26.8. The molecule has 0 bridgehead atoms. The predicted octanol–water partition coefficient (Wildman–Crippen LogP) is 7.39. The van der Waals surface area contributed by atoms with Crippen LogP contribution in [0.15, 0.2) is 103 Å². The smallest absolute Gasteiger partial charge is 0.130 e. The van der Waals surface area contributed by atoms with E-state index in [1.54, 1.807) is 6.08 Å². The molecule has 0 saturated carbocycles. The predicted molar refractivity (Wildman–Crippen MR) is 151 cm³/mol. The van der Waals surface area contributed by atoms with Gasteiger partial charge in [-0.3, -0.25) is 0 Å². The SMILES string of the molecule is CCOc1ccc(C=CC(O)c2ccc(OCc3ccccc3)cc2OCc2ccccc2)c(OCC)c1. The minimum Gasteiger partial charge on any atom is -0.494 e. The van der Waals surface area contributed by atoms with Gasteiger partial charge in [0, 0.05) is 23.3 Å². The second kappa shape index (κ2) is 13.9. The fourth-order valence-electron chi connectivity index (χ4n) is 3.94. The van der Waals surface area contributed by atoms with Crippen molar-refractivity contribution in [3.05, 3.63) is 125 Å². The maximum Gasteiger partial charge on any atom is 0.130 e. The van der Waals surface area contributed by atoms with Crippen LogP contribution in [0, 0.1) is 0 Å². The van der Waals surface area contributed by atoms with Crippen molar-refractivity contribution in [1.82, 2.24) is 0 Å². The second-order valence-electron chi connectivity index (χ2n) is 8.62. The molecule has 196 valence electrons. The van der Waals surface area contributed by atoms with Crippen LogP contribution < -0.4 is 18.9 Å². The summed E-state index contributed by atoms with van der Waals surface area (Å²) in [6, 6.07) is 31.1. The molecule has 0 spiro atoms. The zero-order valence-electron chi connectivity index (χ0n) is 21.9. The lowest BCUT2D eigenvalue weighted by Gasteiger charge is -2.17. The highest BCUT2D eigenvalue weighted by molar-refractivity contribution is 5.60. The van der Waals surface area contributed by atoms with Gasteiger partial charge in [-0.15, -0.1) is 0 Å². The van der Waals surface area contributed by atoms with E-state index in [1.165, 1.54) is 0 Å². The molecular formula is C33H34O5. The summed E-state index contributed by atoms with van der Waals surface area (Å²) in [5, 5.41) is 11.1. The molecule has 5 nitrogen and oxygen atoms in total. The number of aliphatic hydroxyl groups excluding tert-OH is 1. The molecule has 38 heavy (non-hydrogen) atoms. The number of ether oxygens (including phenoxy) is 4. The standard InChI is InChI=1S/C33H34O5/c1-3-35-28-17-15-27(32(21-28)36-4-2)16-20-31(34)30-19-18-29(37-23-25-11-7-5-8-12-25)22-33(30)38-24-26-13-9-6-10-14-26/h5-22,31,34H,3-4,23-24H2,1-2H3. The molecule has 4 rings (SSSR count). The Morgan fingerprint density at radius 1 is 0.632 bits per heavy atom. The van der Waals surface area contributed by atoms with Crippen molar-refractivity contribution >= 4 is 6.08 Å². The van der Waals surface area contributed by atoms with E-state index in [0.29, 0.717) is 49.2 Å². The molecule has 0 heterocycles. The van der Waals surface area contributed by atoms with Gasteiger partial charge in [0.2, 0.25) is 0 Å². The van der Waals surface area contributed by atoms with Crippen LogP contribution >= 0.6 is 0 Å². The lowest BCUT2D eigenvalue weighted by atomic mass is 10.1. The average molecular weight is 511 g/mol. The van der Waals surface area contributed by atoms with Crippen molar-refractivity contribution in [3.8, 4) is 23.0 Å². The number of rotatable bonds is 13. The van der Waals surface area contributed by atoms with Crippen molar-refractivity contribution in [2.45, 2.75) is 33.2 Å². The van der Waals surface area contributed by atoms with Crippen molar-refractivity contribution in [1.29, 1.82) is 0 Å². The average Bonchev–Trinajstić information content (AvgIpc) is 2.96. The van der Waals surface area contributed by atoms with Gasteiger partial charge in [-0.05, 0) is 49.2 Å². The van der Waals surface area contributed by atoms with Gasteiger partial charge in [-0.25, -0.2) is 0 Å². The summed E-state index contributed by atoms with van der Waals surface area (Å²) in [6.07, 6.45) is 2.68. The summed E-state index contributed by atoms with van der Waals surface area (Å²) in [6.45, 7) is 5.81. The van der Waals surface area contributed by atoms with Gasteiger partial charge in [0.1, 0.15) is 42.3 Å². The van der Waals surface area contributed by atoms with Gasteiger partial charge in [-0.1, -0.05) is 72.8 Å². The lowest BCUT2D eigenvalue weighted by Crippen LogP contribution is -2.03. The summed E-state index contributed by atoms with van der Waals surface area (Å²) >= 11 is 0. The van der Waals surface area contributed by atoms with Crippen LogP contribution in [0.5, 0.6) is 23.0 Å². The van der Waals surface area contributed by atoms with E-state index in [4.69, 9.17) is 18.9 Å². The highest BCUT2D eigenvalue weighted by atomic mass is 16.5. The van der Waals surface area contributed by atoms with Crippen molar-refractivity contribution in [3.63, 3.8) is 0 Å².